The minimum atomic E-state index is -0.780. The number of benzene rings is 1. The molecule has 1 aliphatic rings. The van der Waals surface area contributed by atoms with Crippen LogP contribution in [0.5, 0.6) is 0 Å². The van der Waals surface area contributed by atoms with Gasteiger partial charge in [0.05, 0.1) is 5.56 Å². The smallest absolute Gasteiger partial charge is 0.407 e. The highest BCUT2D eigenvalue weighted by Gasteiger charge is 2.24. The highest BCUT2D eigenvalue weighted by Crippen LogP contribution is 2.24. The van der Waals surface area contributed by atoms with Crippen LogP contribution in [0.25, 0.3) is 0 Å². The molecule has 1 aromatic rings. The van der Waals surface area contributed by atoms with Gasteiger partial charge < -0.3 is 21.1 Å². The fourth-order valence-electron chi connectivity index (χ4n) is 2.90. The maximum absolute atomic E-state index is 13.8. The van der Waals surface area contributed by atoms with E-state index in [1.165, 1.54) is 12.1 Å². The first-order chi connectivity index (χ1) is 11.6. The molecule has 1 fully saturated rings. The predicted octanol–water partition coefficient (Wildman–Crippen LogP) is 3.17. The molecule has 25 heavy (non-hydrogen) atoms. The summed E-state index contributed by atoms with van der Waals surface area (Å²) in [4.78, 5) is 22.8. The van der Waals surface area contributed by atoms with Gasteiger partial charge in [-0.05, 0) is 64.7 Å². The average molecular weight is 351 g/mol. The summed E-state index contributed by atoms with van der Waals surface area (Å²) in [5.74, 6) is -1.41. The second-order valence-corrected chi connectivity index (χ2v) is 7.40. The van der Waals surface area contributed by atoms with Gasteiger partial charge in [0.2, 0.25) is 0 Å². The molecule has 1 aromatic carbocycles. The Bertz CT molecular complexity index is 635. The number of hydrogen-bond donors (Lipinski definition) is 3. The van der Waals surface area contributed by atoms with Crippen LogP contribution in [0, 0.1) is 5.82 Å². The Labute approximate surface area is 147 Å². The van der Waals surface area contributed by atoms with Crippen molar-refractivity contribution < 1.29 is 18.7 Å². The predicted molar refractivity (Wildman–Crippen MR) is 94.0 cm³/mol. The second-order valence-electron chi connectivity index (χ2n) is 7.40. The molecule has 0 bridgehead atoms. The summed E-state index contributed by atoms with van der Waals surface area (Å²) in [6.45, 7) is 5.49. The first-order valence-corrected chi connectivity index (χ1v) is 8.49. The van der Waals surface area contributed by atoms with Crippen molar-refractivity contribution in [3.05, 3.63) is 29.6 Å². The number of hydrogen-bond acceptors (Lipinski definition) is 4. The summed E-state index contributed by atoms with van der Waals surface area (Å²) >= 11 is 0. The molecule has 0 aliphatic heterocycles. The number of rotatable bonds is 4. The van der Waals surface area contributed by atoms with Crippen molar-refractivity contribution in [3.8, 4) is 0 Å². The zero-order chi connectivity index (χ0) is 18.6. The van der Waals surface area contributed by atoms with E-state index in [0.29, 0.717) is 5.69 Å². The number of carbonyl (C=O) groups is 2. The van der Waals surface area contributed by atoms with Crippen LogP contribution in [0.15, 0.2) is 18.2 Å². The Kier molecular flexibility index (Phi) is 5.87. The van der Waals surface area contributed by atoms with Crippen molar-refractivity contribution in [2.75, 3.05) is 5.32 Å². The highest BCUT2D eigenvalue weighted by molar-refractivity contribution is 5.93. The van der Waals surface area contributed by atoms with Crippen molar-refractivity contribution in [2.45, 2.75) is 64.1 Å². The van der Waals surface area contributed by atoms with Gasteiger partial charge >= 0.3 is 6.09 Å². The monoisotopic (exact) mass is 351 g/mol. The van der Waals surface area contributed by atoms with Crippen molar-refractivity contribution in [2.24, 2.45) is 5.73 Å². The van der Waals surface area contributed by atoms with E-state index >= 15 is 0 Å². The molecule has 0 heterocycles. The maximum Gasteiger partial charge on any atom is 0.407 e. The Morgan fingerprint density at radius 2 is 1.76 bits per heavy atom. The van der Waals surface area contributed by atoms with Gasteiger partial charge in [-0.15, -0.1) is 0 Å². The summed E-state index contributed by atoms with van der Waals surface area (Å²) < 4.78 is 19.1. The minimum Gasteiger partial charge on any atom is -0.444 e. The molecule has 138 valence electrons. The highest BCUT2D eigenvalue weighted by atomic mass is 19.1. The van der Waals surface area contributed by atoms with Crippen LogP contribution in [0.4, 0.5) is 14.9 Å². The van der Waals surface area contributed by atoms with Crippen LogP contribution >= 0.6 is 0 Å². The molecule has 0 saturated heterocycles. The van der Waals surface area contributed by atoms with E-state index in [-0.39, 0.29) is 17.6 Å². The normalized spacial score (nSPS) is 20.6. The average Bonchev–Trinajstić information content (AvgIpc) is 2.47. The number of nitrogens with one attached hydrogen (secondary N) is 2. The Morgan fingerprint density at radius 1 is 1.16 bits per heavy atom. The number of anilines is 1. The van der Waals surface area contributed by atoms with E-state index in [2.05, 4.69) is 10.6 Å². The van der Waals surface area contributed by atoms with Crippen LogP contribution < -0.4 is 16.4 Å². The standard InChI is InChI=1S/C18H26FN3O3/c1-18(2,3)25-17(24)22-12-6-4-11(5-7-12)21-13-8-9-14(16(20)23)15(19)10-13/h8-12,21H,4-7H2,1-3H3,(H2,20,23)(H,22,24). The summed E-state index contributed by atoms with van der Waals surface area (Å²) in [6.07, 6.45) is 2.93. The van der Waals surface area contributed by atoms with Gasteiger partial charge in [-0.3, -0.25) is 4.79 Å². The lowest BCUT2D eigenvalue weighted by molar-refractivity contribution is 0.0492. The quantitative estimate of drug-likeness (QED) is 0.777. The summed E-state index contributed by atoms with van der Waals surface area (Å²) in [6, 6.07) is 4.59. The Hall–Kier alpha value is -2.31. The van der Waals surface area contributed by atoms with Gasteiger partial charge in [-0.25, -0.2) is 9.18 Å². The van der Waals surface area contributed by atoms with Gasteiger partial charge in [0, 0.05) is 17.8 Å². The van der Waals surface area contributed by atoms with E-state index in [4.69, 9.17) is 10.5 Å². The molecule has 1 saturated carbocycles. The SMILES string of the molecule is CC(C)(C)OC(=O)NC1CCC(Nc2ccc(C(N)=O)c(F)c2)CC1. The third-order valence-corrected chi connectivity index (χ3v) is 4.05. The minimum absolute atomic E-state index is 0.0851. The van der Waals surface area contributed by atoms with E-state index < -0.39 is 23.4 Å². The van der Waals surface area contributed by atoms with Crippen LogP contribution in [-0.4, -0.2) is 29.7 Å². The number of amides is 2. The fraction of sp³-hybridized carbons (Fsp3) is 0.556. The molecule has 4 N–H and O–H groups in total. The number of primary amides is 1. The lowest BCUT2D eigenvalue weighted by Gasteiger charge is -2.31. The number of carbonyl (C=O) groups excluding carboxylic acids is 2. The van der Waals surface area contributed by atoms with E-state index in [1.807, 2.05) is 20.8 Å². The van der Waals surface area contributed by atoms with Crippen molar-refractivity contribution in [1.82, 2.24) is 5.32 Å². The van der Waals surface area contributed by atoms with Crippen LogP contribution in [0.2, 0.25) is 0 Å². The fourth-order valence-corrected chi connectivity index (χ4v) is 2.90. The Morgan fingerprint density at radius 3 is 2.28 bits per heavy atom. The van der Waals surface area contributed by atoms with Gasteiger partial charge in [0.15, 0.2) is 0 Å². The van der Waals surface area contributed by atoms with Crippen molar-refractivity contribution >= 4 is 17.7 Å². The summed E-state index contributed by atoms with van der Waals surface area (Å²) in [5.41, 5.74) is 5.09. The zero-order valence-corrected chi connectivity index (χ0v) is 14.9. The van der Waals surface area contributed by atoms with Gasteiger partial charge in [-0.1, -0.05) is 0 Å². The third kappa shape index (κ3) is 5.92. The van der Waals surface area contributed by atoms with E-state index in [1.54, 1.807) is 6.07 Å². The van der Waals surface area contributed by atoms with E-state index in [9.17, 15) is 14.0 Å². The number of ether oxygens (including phenoxy) is 1. The molecule has 0 radical (unpaired) electrons. The maximum atomic E-state index is 13.8. The van der Waals surface area contributed by atoms with Gasteiger partial charge in [0.25, 0.3) is 5.91 Å². The summed E-state index contributed by atoms with van der Waals surface area (Å²) in [7, 11) is 0. The zero-order valence-electron chi connectivity index (χ0n) is 14.9. The number of nitrogens with two attached hydrogens (primary N) is 1. The lowest BCUT2D eigenvalue weighted by atomic mass is 9.91. The molecule has 0 aromatic heterocycles. The van der Waals surface area contributed by atoms with E-state index in [0.717, 1.165) is 25.7 Å². The van der Waals surface area contributed by atoms with Crippen molar-refractivity contribution in [3.63, 3.8) is 0 Å². The van der Waals surface area contributed by atoms with Crippen molar-refractivity contribution in [1.29, 1.82) is 0 Å². The Balaban J connectivity index is 1.81. The largest absolute Gasteiger partial charge is 0.444 e. The first kappa shape index (κ1) is 19.0. The summed E-state index contributed by atoms with van der Waals surface area (Å²) in [5, 5.41) is 6.15. The molecule has 0 unspecified atom stereocenters. The van der Waals surface area contributed by atoms with Gasteiger partial charge in [0.1, 0.15) is 11.4 Å². The van der Waals surface area contributed by atoms with Crippen LogP contribution in [0.1, 0.15) is 56.8 Å². The molecular weight excluding hydrogens is 325 g/mol. The molecular formula is C18H26FN3O3. The van der Waals surface area contributed by atoms with Crippen LogP contribution in [0.3, 0.4) is 0 Å². The van der Waals surface area contributed by atoms with Crippen LogP contribution in [-0.2, 0) is 4.74 Å². The van der Waals surface area contributed by atoms with Gasteiger partial charge in [-0.2, -0.15) is 0 Å². The topological polar surface area (TPSA) is 93.4 Å². The molecule has 7 heteroatoms. The molecule has 2 rings (SSSR count). The molecule has 0 atom stereocenters. The molecule has 2 amide bonds. The second kappa shape index (κ2) is 7.72. The number of alkyl carbamates (subject to hydrolysis) is 1. The lowest BCUT2D eigenvalue weighted by Crippen LogP contribution is -2.42. The molecule has 0 spiro atoms. The number of halogens is 1. The molecule has 1 aliphatic carbocycles. The first-order valence-electron chi connectivity index (χ1n) is 8.49. The molecule has 6 nitrogen and oxygen atoms in total. The third-order valence-electron chi connectivity index (χ3n) is 4.05.